The van der Waals surface area contributed by atoms with Crippen LogP contribution in [0.4, 0.5) is 0 Å². The first-order valence-electron chi connectivity index (χ1n) is 5.96. The van der Waals surface area contributed by atoms with Crippen molar-refractivity contribution in [2.45, 2.75) is 10.9 Å². The van der Waals surface area contributed by atoms with Gasteiger partial charge in [-0.2, -0.15) is 4.31 Å². The lowest BCUT2D eigenvalue weighted by Gasteiger charge is -2.21. The maximum absolute atomic E-state index is 12.7. The Morgan fingerprint density at radius 1 is 1.38 bits per heavy atom. The zero-order valence-corrected chi connectivity index (χ0v) is 13.1. The molecule has 21 heavy (non-hydrogen) atoms. The topological polar surface area (TPSA) is 93.1 Å². The van der Waals surface area contributed by atoms with E-state index in [2.05, 4.69) is 0 Å². The van der Waals surface area contributed by atoms with Gasteiger partial charge in [-0.15, -0.1) is 11.8 Å². The molecule has 9 heteroatoms. The number of carbonyl (C=O) groups is 1. The molecule has 1 fully saturated rings. The van der Waals surface area contributed by atoms with Crippen molar-refractivity contribution in [3.63, 3.8) is 0 Å². The van der Waals surface area contributed by atoms with Crippen LogP contribution < -0.4 is 9.47 Å². The summed E-state index contributed by atoms with van der Waals surface area (Å²) in [5, 5.41) is 9.15. The van der Waals surface area contributed by atoms with Crippen LogP contribution in [0.3, 0.4) is 0 Å². The van der Waals surface area contributed by atoms with E-state index in [1.807, 2.05) is 0 Å². The molecule has 0 aliphatic carbocycles. The first-order chi connectivity index (χ1) is 9.91. The van der Waals surface area contributed by atoms with E-state index in [9.17, 15) is 13.2 Å². The lowest BCUT2D eigenvalue weighted by atomic mass is 10.3. The molecule has 116 valence electrons. The Kier molecular flexibility index (Phi) is 4.64. The van der Waals surface area contributed by atoms with Gasteiger partial charge < -0.3 is 14.6 Å². The van der Waals surface area contributed by atoms with E-state index in [0.717, 1.165) is 4.31 Å². The van der Waals surface area contributed by atoms with E-state index in [4.69, 9.17) is 14.6 Å². The van der Waals surface area contributed by atoms with Crippen LogP contribution in [0, 0.1) is 0 Å². The number of hydrogen-bond acceptors (Lipinski definition) is 6. The molecular weight excluding hydrogens is 318 g/mol. The van der Waals surface area contributed by atoms with Gasteiger partial charge in [0.15, 0.2) is 0 Å². The zero-order valence-electron chi connectivity index (χ0n) is 11.5. The number of rotatable bonds is 5. The van der Waals surface area contributed by atoms with E-state index in [1.165, 1.54) is 38.1 Å². The summed E-state index contributed by atoms with van der Waals surface area (Å²) in [5.41, 5.74) is 0. The first kappa shape index (κ1) is 15.9. The molecule has 0 saturated carbocycles. The number of methoxy groups -OCH3 is 2. The number of hydrogen-bond donors (Lipinski definition) is 1. The summed E-state index contributed by atoms with van der Waals surface area (Å²) >= 11 is 1.26. The van der Waals surface area contributed by atoms with Gasteiger partial charge in [0.1, 0.15) is 22.4 Å². The smallest absolute Gasteiger partial charge is 0.322 e. The van der Waals surface area contributed by atoms with Crippen LogP contribution in [-0.2, 0) is 14.8 Å². The highest BCUT2D eigenvalue weighted by atomic mass is 32.2. The predicted octanol–water partition coefficient (Wildman–Crippen LogP) is 0.852. The molecule has 0 spiro atoms. The van der Waals surface area contributed by atoms with E-state index in [0.29, 0.717) is 5.75 Å². The highest BCUT2D eigenvalue weighted by Crippen LogP contribution is 2.34. The number of thioether (sulfide) groups is 1. The fourth-order valence-corrected chi connectivity index (χ4v) is 5.28. The van der Waals surface area contributed by atoms with Crippen LogP contribution >= 0.6 is 11.8 Å². The third-order valence-corrected chi connectivity index (χ3v) is 6.14. The van der Waals surface area contributed by atoms with Gasteiger partial charge in [0.2, 0.25) is 10.0 Å². The number of sulfonamides is 1. The van der Waals surface area contributed by atoms with E-state index in [1.54, 1.807) is 6.07 Å². The molecule has 7 nitrogen and oxygen atoms in total. The van der Waals surface area contributed by atoms with Crippen LogP contribution in [0.15, 0.2) is 23.1 Å². The molecule has 1 saturated heterocycles. The van der Waals surface area contributed by atoms with Crippen molar-refractivity contribution in [1.82, 2.24) is 4.31 Å². The Morgan fingerprint density at radius 3 is 2.67 bits per heavy atom. The molecule has 0 aromatic heterocycles. The van der Waals surface area contributed by atoms with E-state index < -0.39 is 22.0 Å². The number of carboxylic acid groups (broad SMARTS) is 1. The molecule has 0 amide bonds. The average Bonchev–Trinajstić information content (AvgIpc) is 2.97. The first-order valence-corrected chi connectivity index (χ1v) is 8.55. The second-order valence-electron chi connectivity index (χ2n) is 4.26. The Labute approximate surface area is 126 Å². The van der Waals surface area contributed by atoms with Gasteiger partial charge in [0, 0.05) is 11.8 Å². The van der Waals surface area contributed by atoms with Crippen molar-refractivity contribution in [2.24, 2.45) is 0 Å². The second kappa shape index (κ2) is 6.12. The third-order valence-electron chi connectivity index (χ3n) is 3.08. The fraction of sp³-hybridized carbons (Fsp3) is 0.417. The molecular formula is C12H15NO6S2. The molecule has 2 rings (SSSR count). The largest absolute Gasteiger partial charge is 0.497 e. The lowest BCUT2D eigenvalue weighted by molar-refractivity contribution is -0.140. The van der Waals surface area contributed by atoms with Gasteiger partial charge in [-0.25, -0.2) is 8.42 Å². The Balaban J connectivity index is 2.50. The Bertz CT molecular complexity index is 645. The number of benzene rings is 1. The SMILES string of the molecule is COc1ccc(OC)c(S(=O)(=O)N2CSCC2C(=O)O)c1. The van der Waals surface area contributed by atoms with Gasteiger partial charge in [0.05, 0.1) is 20.1 Å². The minimum Gasteiger partial charge on any atom is -0.497 e. The summed E-state index contributed by atoms with van der Waals surface area (Å²) in [6, 6.07) is 3.31. The summed E-state index contributed by atoms with van der Waals surface area (Å²) in [6.07, 6.45) is 0. The summed E-state index contributed by atoms with van der Waals surface area (Å²) in [7, 11) is -1.21. The summed E-state index contributed by atoms with van der Waals surface area (Å²) < 4.78 is 36.5. The van der Waals surface area contributed by atoms with Crippen molar-refractivity contribution >= 4 is 27.8 Å². The van der Waals surface area contributed by atoms with Crippen molar-refractivity contribution < 1.29 is 27.8 Å². The zero-order chi connectivity index (χ0) is 15.6. The van der Waals surface area contributed by atoms with Gasteiger partial charge in [-0.3, -0.25) is 4.79 Å². The van der Waals surface area contributed by atoms with Gasteiger partial charge >= 0.3 is 5.97 Å². The lowest BCUT2D eigenvalue weighted by Crippen LogP contribution is -2.41. The molecule has 1 N–H and O–H groups in total. The van der Waals surface area contributed by atoms with Crippen LogP contribution in [0.25, 0.3) is 0 Å². The van der Waals surface area contributed by atoms with Gasteiger partial charge in [-0.1, -0.05) is 0 Å². The molecule has 1 aromatic rings. The number of aliphatic carboxylic acids is 1. The van der Waals surface area contributed by atoms with Crippen molar-refractivity contribution in [1.29, 1.82) is 0 Å². The monoisotopic (exact) mass is 333 g/mol. The normalized spacial score (nSPS) is 19.4. The average molecular weight is 333 g/mol. The van der Waals surface area contributed by atoms with Crippen molar-refractivity contribution in [3.8, 4) is 11.5 Å². The fourth-order valence-electron chi connectivity index (χ4n) is 1.97. The van der Waals surface area contributed by atoms with Gasteiger partial charge in [0.25, 0.3) is 0 Å². The van der Waals surface area contributed by atoms with Crippen molar-refractivity contribution in [2.75, 3.05) is 25.8 Å². The molecule has 0 bridgehead atoms. The highest BCUT2D eigenvalue weighted by molar-refractivity contribution is 8.00. The summed E-state index contributed by atoms with van der Waals surface area (Å²) in [4.78, 5) is 11.1. The maximum atomic E-state index is 12.7. The summed E-state index contributed by atoms with van der Waals surface area (Å²) in [5.74, 6) is -0.337. The van der Waals surface area contributed by atoms with E-state index >= 15 is 0 Å². The van der Waals surface area contributed by atoms with Gasteiger partial charge in [-0.05, 0) is 12.1 Å². The van der Waals surface area contributed by atoms with Crippen molar-refractivity contribution in [3.05, 3.63) is 18.2 Å². The number of nitrogens with zero attached hydrogens (tertiary/aromatic N) is 1. The number of carboxylic acids is 1. The summed E-state index contributed by atoms with van der Waals surface area (Å²) in [6.45, 7) is 0. The molecule has 0 radical (unpaired) electrons. The van der Waals surface area contributed by atoms with E-state index in [-0.39, 0.29) is 22.3 Å². The highest BCUT2D eigenvalue weighted by Gasteiger charge is 2.41. The molecule has 1 aliphatic heterocycles. The predicted molar refractivity (Wildman–Crippen MR) is 77.3 cm³/mol. The van der Waals surface area contributed by atoms with Crippen LogP contribution in [0.5, 0.6) is 11.5 Å². The van der Waals surface area contributed by atoms with Crippen LogP contribution in [-0.4, -0.2) is 55.7 Å². The Morgan fingerprint density at radius 2 is 2.10 bits per heavy atom. The molecule has 1 unspecified atom stereocenters. The molecule has 1 atom stereocenters. The van der Waals surface area contributed by atoms with Crippen LogP contribution in [0.1, 0.15) is 0 Å². The van der Waals surface area contributed by atoms with Crippen LogP contribution in [0.2, 0.25) is 0 Å². The Hall–Kier alpha value is -1.45. The minimum atomic E-state index is -3.98. The number of ether oxygens (including phenoxy) is 2. The standard InChI is InChI=1S/C12H15NO6S2/c1-18-8-3-4-10(19-2)11(5-8)21(16,17)13-7-20-6-9(13)12(14)15/h3-5,9H,6-7H2,1-2H3,(H,14,15). The molecule has 1 heterocycles. The third kappa shape index (κ3) is 2.94. The maximum Gasteiger partial charge on any atom is 0.322 e. The second-order valence-corrected chi connectivity index (χ2v) is 7.12. The quantitative estimate of drug-likeness (QED) is 0.854. The molecule has 1 aliphatic rings. The molecule has 1 aromatic carbocycles. The minimum absolute atomic E-state index is 0.0969.